The van der Waals surface area contributed by atoms with Crippen molar-refractivity contribution in [3.8, 4) is 0 Å². The van der Waals surface area contributed by atoms with E-state index in [1.165, 1.54) is 11.8 Å². The van der Waals surface area contributed by atoms with Gasteiger partial charge in [-0.15, -0.1) is 0 Å². The number of hydrogen-bond donors (Lipinski definition) is 2. The standard InChI is InChI=1S/C13H20N2O3S/c16-11(10-8-19-12(17)14-10)15-6-5-13(18)4-2-1-3-9(13)7-15/h9-10,18H,1-8H2,(H,14,17). The molecule has 3 aliphatic rings. The van der Waals surface area contributed by atoms with Crippen molar-refractivity contribution < 1.29 is 14.7 Å². The van der Waals surface area contributed by atoms with Crippen LogP contribution in [-0.2, 0) is 4.79 Å². The first kappa shape index (κ1) is 13.2. The highest BCUT2D eigenvalue weighted by molar-refractivity contribution is 8.14. The first-order chi connectivity index (χ1) is 9.08. The predicted octanol–water partition coefficient (Wildman–Crippen LogP) is 0.965. The van der Waals surface area contributed by atoms with Crippen molar-refractivity contribution in [2.45, 2.75) is 43.7 Å². The number of likely N-dealkylation sites (tertiary alicyclic amines) is 1. The van der Waals surface area contributed by atoms with Gasteiger partial charge < -0.3 is 15.3 Å². The number of fused-ring (bicyclic) bond motifs is 1. The highest BCUT2D eigenvalue weighted by atomic mass is 32.2. The summed E-state index contributed by atoms with van der Waals surface area (Å²) >= 11 is 1.17. The van der Waals surface area contributed by atoms with E-state index in [2.05, 4.69) is 5.32 Å². The lowest BCUT2D eigenvalue weighted by molar-refractivity contribution is -0.144. The van der Waals surface area contributed by atoms with Crippen molar-refractivity contribution in [1.82, 2.24) is 10.2 Å². The molecule has 0 aromatic heterocycles. The first-order valence-electron chi connectivity index (χ1n) is 7.03. The molecule has 2 saturated heterocycles. The Morgan fingerprint density at radius 2 is 2.26 bits per heavy atom. The minimum atomic E-state index is -0.553. The summed E-state index contributed by atoms with van der Waals surface area (Å²) in [6.45, 7) is 1.26. The molecule has 0 spiro atoms. The first-order valence-corrected chi connectivity index (χ1v) is 8.01. The number of hydrogen-bond acceptors (Lipinski definition) is 4. The Labute approximate surface area is 117 Å². The van der Waals surface area contributed by atoms with E-state index in [-0.39, 0.29) is 23.1 Å². The maximum atomic E-state index is 12.3. The number of aliphatic hydroxyl groups is 1. The van der Waals surface area contributed by atoms with Crippen LogP contribution < -0.4 is 5.32 Å². The second-order valence-electron chi connectivity index (χ2n) is 5.88. The lowest BCUT2D eigenvalue weighted by Gasteiger charge is -2.47. The quantitative estimate of drug-likeness (QED) is 0.752. The fourth-order valence-corrected chi connectivity index (χ4v) is 4.28. The molecule has 2 amide bonds. The number of nitrogens with zero attached hydrogens (tertiary/aromatic N) is 1. The van der Waals surface area contributed by atoms with Gasteiger partial charge in [-0.05, 0) is 19.3 Å². The Morgan fingerprint density at radius 3 is 3.00 bits per heavy atom. The van der Waals surface area contributed by atoms with Crippen molar-refractivity contribution in [2.75, 3.05) is 18.8 Å². The van der Waals surface area contributed by atoms with Gasteiger partial charge in [0.25, 0.3) is 5.24 Å². The van der Waals surface area contributed by atoms with Crippen LogP contribution in [0, 0.1) is 5.92 Å². The molecule has 6 heteroatoms. The lowest BCUT2D eigenvalue weighted by atomic mass is 9.71. The highest BCUT2D eigenvalue weighted by Crippen LogP contribution is 2.39. The number of rotatable bonds is 1. The number of carbonyl (C=O) groups is 2. The lowest BCUT2D eigenvalue weighted by Crippen LogP contribution is -2.57. The summed E-state index contributed by atoms with van der Waals surface area (Å²) in [6.07, 6.45) is 4.79. The number of thioether (sulfide) groups is 1. The van der Waals surface area contributed by atoms with Gasteiger partial charge in [0.15, 0.2) is 0 Å². The van der Waals surface area contributed by atoms with E-state index in [1.807, 2.05) is 4.90 Å². The normalized spacial score (nSPS) is 38.8. The minimum absolute atomic E-state index is 0.0194. The molecule has 1 aliphatic carbocycles. The van der Waals surface area contributed by atoms with Crippen LogP contribution in [0.1, 0.15) is 32.1 Å². The van der Waals surface area contributed by atoms with Crippen LogP contribution in [0.5, 0.6) is 0 Å². The summed E-state index contributed by atoms with van der Waals surface area (Å²) in [5.74, 6) is 0.762. The van der Waals surface area contributed by atoms with Gasteiger partial charge in [0, 0.05) is 24.8 Å². The molecule has 2 heterocycles. The van der Waals surface area contributed by atoms with E-state index in [1.54, 1.807) is 0 Å². The molecule has 2 N–H and O–H groups in total. The number of amides is 2. The molecule has 19 heavy (non-hydrogen) atoms. The fraction of sp³-hybridized carbons (Fsp3) is 0.846. The van der Waals surface area contributed by atoms with Crippen molar-refractivity contribution in [2.24, 2.45) is 5.92 Å². The van der Waals surface area contributed by atoms with Crippen molar-refractivity contribution in [1.29, 1.82) is 0 Å². The summed E-state index contributed by atoms with van der Waals surface area (Å²) in [4.78, 5) is 25.3. The van der Waals surface area contributed by atoms with Crippen molar-refractivity contribution >= 4 is 22.9 Å². The molecule has 0 aromatic rings. The zero-order chi connectivity index (χ0) is 13.5. The number of piperidine rings is 1. The molecule has 2 aliphatic heterocycles. The Balaban J connectivity index is 1.64. The van der Waals surface area contributed by atoms with Crippen LogP contribution in [0.25, 0.3) is 0 Å². The monoisotopic (exact) mass is 284 g/mol. The van der Waals surface area contributed by atoms with Crippen LogP contribution in [0.3, 0.4) is 0 Å². The van der Waals surface area contributed by atoms with Gasteiger partial charge in [0.1, 0.15) is 6.04 Å². The number of carbonyl (C=O) groups excluding carboxylic acids is 2. The third-order valence-electron chi connectivity index (χ3n) is 4.71. The van der Waals surface area contributed by atoms with Gasteiger partial charge in [-0.1, -0.05) is 24.6 Å². The summed E-state index contributed by atoms with van der Waals surface area (Å²) in [6, 6.07) is -0.368. The molecule has 3 unspecified atom stereocenters. The Hall–Kier alpha value is -0.750. The van der Waals surface area contributed by atoms with E-state index < -0.39 is 5.60 Å². The largest absolute Gasteiger partial charge is 0.389 e. The van der Waals surface area contributed by atoms with E-state index in [0.29, 0.717) is 25.3 Å². The summed E-state index contributed by atoms with van der Waals surface area (Å²) in [7, 11) is 0. The van der Waals surface area contributed by atoms with Crippen LogP contribution in [0.15, 0.2) is 0 Å². The summed E-state index contributed by atoms with van der Waals surface area (Å²) in [5.41, 5.74) is -0.553. The van der Waals surface area contributed by atoms with E-state index in [9.17, 15) is 14.7 Å². The van der Waals surface area contributed by atoms with Crippen LogP contribution in [0.4, 0.5) is 4.79 Å². The van der Waals surface area contributed by atoms with E-state index in [0.717, 1.165) is 25.7 Å². The molecule has 3 rings (SSSR count). The smallest absolute Gasteiger partial charge is 0.279 e. The molecule has 1 saturated carbocycles. The van der Waals surface area contributed by atoms with Gasteiger partial charge in [-0.25, -0.2) is 0 Å². The summed E-state index contributed by atoms with van der Waals surface area (Å²) in [5, 5.41) is 13.2. The fourth-order valence-electron chi connectivity index (χ4n) is 3.51. The predicted molar refractivity (Wildman–Crippen MR) is 72.9 cm³/mol. The zero-order valence-corrected chi connectivity index (χ0v) is 11.7. The molecule has 3 fully saturated rings. The molecule has 106 valence electrons. The Kier molecular flexibility index (Phi) is 3.47. The maximum absolute atomic E-state index is 12.3. The van der Waals surface area contributed by atoms with Crippen LogP contribution in [-0.4, -0.2) is 51.6 Å². The Bertz CT molecular complexity index is 403. The van der Waals surface area contributed by atoms with Gasteiger partial charge in [0.2, 0.25) is 5.91 Å². The molecule has 0 aromatic carbocycles. The molecule has 3 atom stereocenters. The van der Waals surface area contributed by atoms with Gasteiger partial charge in [-0.3, -0.25) is 9.59 Å². The van der Waals surface area contributed by atoms with E-state index in [4.69, 9.17) is 0 Å². The van der Waals surface area contributed by atoms with Crippen molar-refractivity contribution in [3.05, 3.63) is 0 Å². The van der Waals surface area contributed by atoms with Crippen LogP contribution in [0.2, 0.25) is 0 Å². The third-order valence-corrected chi connectivity index (χ3v) is 5.59. The zero-order valence-electron chi connectivity index (χ0n) is 10.9. The average Bonchev–Trinajstić information content (AvgIpc) is 2.83. The molecule has 0 bridgehead atoms. The Morgan fingerprint density at radius 1 is 1.42 bits per heavy atom. The molecular formula is C13H20N2O3S. The summed E-state index contributed by atoms with van der Waals surface area (Å²) < 4.78 is 0. The molecule has 5 nitrogen and oxygen atoms in total. The van der Waals surface area contributed by atoms with Gasteiger partial charge in [-0.2, -0.15) is 0 Å². The molecular weight excluding hydrogens is 264 g/mol. The van der Waals surface area contributed by atoms with Gasteiger partial charge >= 0.3 is 0 Å². The van der Waals surface area contributed by atoms with E-state index >= 15 is 0 Å². The van der Waals surface area contributed by atoms with Crippen molar-refractivity contribution in [3.63, 3.8) is 0 Å². The van der Waals surface area contributed by atoms with Gasteiger partial charge in [0.05, 0.1) is 5.60 Å². The second kappa shape index (κ2) is 4.98. The second-order valence-corrected chi connectivity index (χ2v) is 6.87. The topological polar surface area (TPSA) is 69.6 Å². The third kappa shape index (κ3) is 2.48. The average molecular weight is 284 g/mol. The maximum Gasteiger partial charge on any atom is 0.279 e. The SMILES string of the molecule is O=C1NC(C(=O)N2CCC3(O)CCCCC3C2)CS1. The van der Waals surface area contributed by atoms with Crippen LogP contribution >= 0.6 is 11.8 Å². The highest BCUT2D eigenvalue weighted by Gasteiger charge is 2.45. The molecule has 0 radical (unpaired) electrons. The number of nitrogens with one attached hydrogen (secondary N) is 1. The minimum Gasteiger partial charge on any atom is -0.389 e.